The zero-order valence-electron chi connectivity index (χ0n) is 13.6. The molecular formula is C19H17FN2O2S. The highest BCUT2D eigenvalue weighted by molar-refractivity contribution is 7.99. The molecule has 0 saturated carbocycles. The van der Waals surface area contributed by atoms with E-state index >= 15 is 0 Å². The lowest BCUT2D eigenvalue weighted by atomic mass is 10.1. The Morgan fingerprint density at radius 1 is 1.20 bits per heavy atom. The Morgan fingerprint density at radius 2 is 1.92 bits per heavy atom. The Bertz CT molecular complexity index is 818. The third-order valence-corrected chi connectivity index (χ3v) is 4.98. The minimum absolute atomic E-state index is 0.0822. The quantitative estimate of drug-likeness (QED) is 0.487. The Kier molecular flexibility index (Phi) is 5.50. The van der Waals surface area contributed by atoms with Gasteiger partial charge in [0.2, 0.25) is 0 Å². The summed E-state index contributed by atoms with van der Waals surface area (Å²) in [7, 11) is 1.36. The van der Waals surface area contributed by atoms with E-state index in [-0.39, 0.29) is 17.0 Å². The van der Waals surface area contributed by atoms with Gasteiger partial charge in [0.15, 0.2) is 0 Å². The normalized spacial score (nSPS) is 11.9. The topological polar surface area (TPSA) is 44.1 Å². The number of benzene rings is 2. The number of imidazole rings is 1. The van der Waals surface area contributed by atoms with Crippen molar-refractivity contribution in [3.05, 3.63) is 84.2 Å². The first-order valence-electron chi connectivity index (χ1n) is 7.72. The molecule has 3 aromatic rings. The zero-order valence-corrected chi connectivity index (χ0v) is 14.4. The molecule has 0 fully saturated rings. The van der Waals surface area contributed by atoms with Crippen molar-refractivity contribution < 1.29 is 13.9 Å². The number of ether oxygens (including phenoxy) is 1. The van der Waals surface area contributed by atoms with Crippen LogP contribution in [0.2, 0.25) is 0 Å². The summed E-state index contributed by atoms with van der Waals surface area (Å²) < 4.78 is 19.9. The summed E-state index contributed by atoms with van der Waals surface area (Å²) in [6, 6.07) is 13.8. The summed E-state index contributed by atoms with van der Waals surface area (Å²) in [6.45, 7) is 0.703. The minimum atomic E-state index is -0.356. The predicted molar refractivity (Wildman–Crippen MR) is 95.0 cm³/mol. The van der Waals surface area contributed by atoms with Crippen LogP contribution in [0.15, 0.2) is 72.1 Å². The summed E-state index contributed by atoms with van der Waals surface area (Å²) >= 11 is 1.65. The predicted octanol–water partition coefficient (Wildman–Crippen LogP) is 4.34. The van der Waals surface area contributed by atoms with E-state index in [4.69, 9.17) is 4.74 Å². The van der Waals surface area contributed by atoms with Crippen LogP contribution in [0.5, 0.6) is 0 Å². The molecule has 0 spiro atoms. The lowest BCUT2D eigenvalue weighted by Crippen LogP contribution is -2.05. The van der Waals surface area contributed by atoms with E-state index in [2.05, 4.69) is 4.98 Å². The van der Waals surface area contributed by atoms with Gasteiger partial charge in [-0.05, 0) is 42.0 Å². The van der Waals surface area contributed by atoms with Crippen LogP contribution in [0.25, 0.3) is 0 Å². The van der Waals surface area contributed by atoms with E-state index in [1.165, 1.54) is 19.2 Å². The number of methoxy groups -OCH3 is 1. The van der Waals surface area contributed by atoms with Crippen LogP contribution in [0.1, 0.15) is 21.2 Å². The molecule has 0 aliphatic heterocycles. The number of esters is 1. The molecule has 25 heavy (non-hydrogen) atoms. The third kappa shape index (κ3) is 4.48. The number of carbonyl (C=O) groups is 1. The molecule has 0 saturated heterocycles. The van der Waals surface area contributed by atoms with E-state index in [1.54, 1.807) is 48.6 Å². The second-order valence-corrected chi connectivity index (χ2v) is 6.71. The van der Waals surface area contributed by atoms with Crippen molar-refractivity contribution in [3.63, 3.8) is 0 Å². The summed E-state index contributed by atoms with van der Waals surface area (Å²) in [5, 5.41) is 0.0822. The molecule has 4 nitrogen and oxygen atoms in total. The molecule has 128 valence electrons. The number of hydrogen-bond donors (Lipinski definition) is 0. The van der Waals surface area contributed by atoms with Gasteiger partial charge in [-0.15, -0.1) is 11.8 Å². The molecular weight excluding hydrogens is 339 g/mol. The minimum Gasteiger partial charge on any atom is -0.465 e. The molecule has 1 atom stereocenters. The van der Waals surface area contributed by atoms with E-state index in [9.17, 15) is 9.18 Å². The molecule has 0 amide bonds. The van der Waals surface area contributed by atoms with Gasteiger partial charge < -0.3 is 9.30 Å². The molecule has 1 aromatic heterocycles. The number of carbonyl (C=O) groups excluding carboxylic acids is 1. The van der Waals surface area contributed by atoms with Gasteiger partial charge in [0.25, 0.3) is 0 Å². The average molecular weight is 356 g/mol. The van der Waals surface area contributed by atoms with E-state index in [1.807, 2.05) is 22.9 Å². The molecule has 0 aliphatic carbocycles. The second kappa shape index (κ2) is 7.98. The molecule has 2 aromatic carbocycles. The van der Waals surface area contributed by atoms with Crippen molar-refractivity contribution in [3.8, 4) is 0 Å². The van der Waals surface area contributed by atoms with Crippen molar-refractivity contribution >= 4 is 17.7 Å². The van der Waals surface area contributed by atoms with Gasteiger partial charge in [-0.1, -0.05) is 12.1 Å². The van der Waals surface area contributed by atoms with Crippen LogP contribution in [-0.4, -0.2) is 22.6 Å². The largest absolute Gasteiger partial charge is 0.465 e. The lowest BCUT2D eigenvalue weighted by Gasteiger charge is -2.18. The van der Waals surface area contributed by atoms with Crippen LogP contribution in [-0.2, 0) is 11.3 Å². The standard InChI is InChI=1S/C19H17FN2O2S/c1-24-19(23)15-4-8-17(9-5-15)25-18(12-22-11-10-21-13-22)14-2-6-16(20)7-3-14/h2-11,13,18H,12H2,1H3. The van der Waals surface area contributed by atoms with Crippen molar-refractivity contribution in [2.45, 2.75) is 16.7 Å². The molecule has 3 rings (SSSR count). The maximum Gasteiger partial charge on any atom is 0.337 e. The SMILES string of the molecule is COC(=O)c1ccc(SC(Cn2ccnc2)c2ccc(F)cc2)cc1. The molecule has 1 heterocycles. The number of aromatic nitrogens is 2. The van der Waals surface area contributed by atoms with Gasteiger partial charge in [0.1, 0.15) is 5.82 Å². The van der Waals surface area contributed by atoms with Crippen molar-refractivity contribution in [2.24, 2.45) is 0 Å². The van der Waals surface area contributed by atoms with Crippen molar-refractivity contribution in [1.29, 1.82) is 0 Å². The maximum atomic E-state index is 13.2. The van der Waals surface area contributed by atoms with Gasteiger partial charge in [-0.3, -0.25) is 0 Å². The molecule has 0 bridgehead atoms. The average Bonchev–Trinajstić information content (AvgIpc) is 3.15. The Labute approximate surface area is 149 Å². The monoisotopic (exact) mass is 356 g/mol. The first kappa shape index (κ1) is 17.2. The highest BCUT2D eigenvalue weighted by atomic mass is 32.2. The van der Waals surface area contributed by atoms with Crippen molar-refractivity contribution in [2.75, 3.05) is 7.11 Å². The van der Waals surface area contributed by atoms with Crippen molar-refractivity contribution in [1.82, 2.24) is 9.55 Å². The Balaban J connectivity index is 1.81. The fraction of sp³-hybridized carbons (Fsp3) is 0.158. The fourth-order valence-electron chi connectivity index (χ4n) is 2.43. The number of thioether (sulfide) groups is 1. The first-order chi connectivity index (χ1) is 12.2. The van der Waals surface area contributed by atoms with Gasteiger partial charge in [-0.25, -0.2) is 14.2 Å². The number of halogens is 1. The van der Waals surface area contributed by atoms with Crippen LogP contribution < -0.4 is 0 Å². The Morgan fingerprint density at radius 3 is 2.52 bits per heavy atom. The summed E-state index contributed by atoms with van der Waals surface area (Å²) in [4.78, 5) is 16.6. The van der Waals surface area contributed by atoms with E-state index < -0.39 is 0 Å². The number of nitrogens with zero attached hydrogens (tertiary/aromatic N) is 2. The third-order valence-electron chi connectivity index (χ3n) is 3.73. The number of rotatable bonds is 6. The van der Waals surface area contributed by atoms with Gasteiger partial charge in [0.05, 0.1) is 24.3 Å². The molecule has 1 unspecified atom stereocenters. The fourth-order valence-corrected chi connectivity index (χ4v) is 3.59. The highest BCUT2D eigenvalue weighted by Crippen LogP contribution is 2.36. The molecule has 6 heteroatoms. The van der Waals surface area contributed by atoms with Crippen LogP contribution in [0.3, 0.4) is 0 Å². The van der Waals surface area contributed by atoms with Gasteiger partial charge >= 0.3 is 5.97 Å². The highest BCUT2D eigenvalue weighted by Gasteiger charge is 2.15. The summed E-state index contributed by atoms with van der Waals surface area (Å²) in [6.07, 6.45) is 5.40. The Hall–Kier alpha value is -2.60. The first-order valence-corrected chi connectivity index (χ1v) is 8.60. The van der Waals surface area contributed by atoms with Gasteiger partial charge in [-0.2, -0.15) is 0 Å². The zero-order chi connectivity index (χ0) is 17.6. The van der Waals surface area contributed by atoms with Crippen LogP contribution in [0.4, 0.5) is 4.39 Å². The summed E-state index contributed by atoms with van der Waals surface area (Å²) in [5.41, 5.74) is 1.54. The molecule has 0 aliphatic rings. The van der Waals surface area contributed by atoms with E-state index in [0.29, 0.717) is 12.1 Å². The van der Waals surface area contributed by atoms with Crippen LogP contribution >= 0.6 is 11.8 Å². The second-order valence-electron chi connectivity index (χ2n) is 5.43. The lowest BCUT2D eigenvalue weighted by molar-refractivity contribution is 0.0600. The molecule has 0 radical (unpaired) electrons. The smallest absolute Gasteiger partial charge is 0.337 e. The molecule has 0 N–H and O–H groups in total. The van der Waals surface area contributed by atoms with Crippen LogP contribution in [0, 0.1) is 5.82 Å². The van der Waals surface area contributed by atoms with Gasteiger partial charge in [0, 0.05) is 23.8 Å². The van der Waals surface area contributed by atoms with E-state index in [0.717, 1.165) is 10.5 Å². The summed E-state index contributed by atoms with van der Waals surface area (Å²) in [5.74, 6) is -0.609. The number of hydrogen-bond acceptors (Lipinski definition) is 4. The maximum absolute atomic E-state index is 13.2.